The number of H-pyrrole nitrogens is 1. The molecule has 0 amide bonds. The summed E-state index contributed by atoms with van der Waals surface area (Å²) in [7, 11) is 0. The van der Waals surface area contributed by atoms with E-state index in [9.17, 15) is 0 Å². The van der Waals surface area contributed by atoms with Gasteiger partial charge in [-0.25, -0.2) is 9.97 Å². The molecular weight excluding hydrogens is 443 g/mol. The molecule has 0 saturated carbocycles. The highest BCUT2D eigenvalue weighted by molar-refractivity contribution is 6.33. The summed E-state index contributed by atoms with van der Waals surface area (Å²) in [4.78, 5) is 17.6. The fourth-order valence-corrected chi connectivity index (χ4v) is 4.56. The van der Waals surface area contributed by atoms with Crippen molar-refractivity contribution in [1.82, 2.24) is 19.9 Å². The smallest absolute Gasteiger partial charge is 0.223 e. The van der Waals surface area contributed by atoms with Crippen molar-refractivity contribution in [2.24, 2.45) is 0 Å². The zero-order chi connectivity index (χ0) is 21.9. The number of hydrogen-bond donors (Lipinski definition) is 3. The van der Waals surface area contributed by atoms with Gasteiger partial charge in [0.1, 0.15) is 0 Å². The van der Waals surface area contributed by atoms with E-state index in [4.69, 9.17) is 28.4 Å². The van der Waals surface area contributed by atoms with Crippen LogP contribution in [0, 0.1) is 0 Å². The molecule has 3 N–H and O–H groups in total. The number of piperidine rings is 1. The first-order chi connectivity index (χ1) is 15.7. The van der Waals surface area contributed by atoms with Crippen LogP contribution in [0.15, 0.2) is 60.9 Å². The molecule has 0 radical (unpaired) electrons. The number of fused-ring (bicyclic) bond motifs is 1. The molecular formula is C24H24Cl2N6. The second-order valence-electron chi connectivity index (χ2n) is 8.12. The molecule has 4 aromatic rings. The predicted molar refractivity (Wildman–Crippen MR) is 132 cm³/mol. The second-order valence-corrected chi connectivity index (χ2v) is 8.72. The van der Waals surface area contributed by atoms with Crippen LogP contribution in [0.4, 0.5) is 11.6 Å². The maximum Gasteiger partial charge on any atom is 0.223 e. The number of aromatic nitrogens is 3. The Morgan fingerprint density at radius 1 is 1.06 bits per heavy atom. The number of halogens is 2. The molecule has 6 nitrogen and oxygen atoms in total. The summed E-state index contributed by atoms with van der Waals surface area (Å²) in [5, 5.41) is 5.16. The van der Waals surface area contributed by atoms with E-state index in [1.807, 2.05) is 36.5 Å². The van der Waals surface area contributed by atoms with Gasteiger partial charge in [-0.15, -0.1) is 0 Å². The predicted octanol–water partition coefficient (Wildman–Crippen LogP) is 5.92. The van der Waals surface area contributed by atoms with Crippen LogP contribution in [0.25, 0.3) is 22.2 Å². The number of benzene rings is 2. The third-order valence-corrected chi connectivity index (χ3v) is 6.47. The van der Waals surface area contributed by atoms with E-state index in [0.717, 1.165) is 60.3 Å². The van der Waals surface area contributed by atoms with Gasteiger partial charge in [-0.05, 0) is 36.6 Å². The Balaban J connectivity index is 1.23. The summed E-state index contributed by atoms with van der Waals surface area (Å²) in [6, 6.07) is 16.7. The minimum atomic E-state index is 0.339. The van der Waals surface area contributed by atoms with Gasteiger partial charge in [0, 0.05) is 65.8 Å². The average Bonchev–Trinajstić information content (AvgIpc) is 3.26. The van der Waals surface area contributed by atoms with Crippen molar-refractivity contribution < 1.29 is 0 Å². The first-order valence-corrected chi connectivity index (χ1v) is 11.5. The van der Waals surface area contributed by atoms with Crippen LogP contribution in [0.3, 0.4) is 0 Å². The van der Waals surface area contributed by atoms with Gasteiger partial charge in [0.15, 0.2) is 0 Å². The maximum atomic E-state index is 6.46. The standard InChI is InChI=1S/C24H24Cl2N6/c25-21-14-28-24(30-23(21)20-13-27-22-4-2-1-3-19(20)22)29-17-9-11-32(12-10-17)15-16-5-7-18(31-26)8-6-16/h1-8,13-14,17,27,31H,9-12,15H2,(H,28,29,30). The topological polar surface area (TPSA) is 68.9 Å². The van der Waals surface area contributed by atoms with Gasteiger partial charge in [0.05, 0.1) is 16.9 Å². The Labute approximate surface area is 197 Å². The SMILES string of the molecule is ClNc1ccc(CN2CCC(Nc3ncc(Cl)c(-c4c[nH]c5ccccc45)n3)CC2)cc1. The molecule has 0 atom stereocenters. The molecule has 0 unspecified atom stereocenters. The lowest BCUT2D eigenvalue weighted by Gasteiger charge is -2.32. The lowest BCUT2D eigenvalue weighted by molar-refractivity contribution is 0.211. The number of rotatable bonds is 6. The number of hydrogen-bond acceptors (Lipinski definition) is 5. The van der Waals surface area contributed by atoms with Crippen molar-refractivity contribution >= 4 is 45.9 Å². The number of nitrogens with one attached hydrogen (secondary N) is 3. The molecule has 5 rings (SSSR count). The summed E-state index contributed by atoms with van der Waals surface area (Å²) in [5.74, 6) is 0.622. The Kier molecular flexibility index (Phi) is 6.17. The molecule has 1 aliphatic heterocycles. The minimum Gasteiger partial charge on any atom is -0.360 e. The van der Waals surface area contributed by atoms with Crippen LogP contribution >= 0.6 is 23.4 Å². The highest BCUT2D eigenvalue weighted by atomic mass is 35.5. The quantitative estimate of drug-likeness (QED) is 0.307. The molecule has 0 spiro atoms. The number of likely N-dealkylation sites (tertiary alicyclic amines) is 1. The number of aromatic amines is 1. The number of nitrogens with zero attached hydrogens (tertiary/aromatic N) is 3. The largest absolute Gasteiger partial charge is 0.360 e. The van der Waals surface area contributed by atoms with E-state index < -0.39 is 0 Å². The number of anilines is 2. The summed E-state index contributed by atoms with van der Waals surface area (Å²) >= 11 is 12.1. The van der Waals surface area contributed by atoms with Crippen molar-refractivity contribution in [3.8, 4) is 11.3 Å². The van der Waals surface area contributed by atoms with Gasteiger partial charge in [-0.3, -0.25) is 9.74 Å². The van der Waals surface area contributed by atoms with E-state index in [1.165, 1.54) is 5.56 Å². The van der Waals surface area contributed by atoms with Crippen LogP contribution in [0.1, 0.15) is 18.4 Å². The van der Waals surface area contributed by atoms with Crippen molar-refractivity contribution in [3.63, 3.8) is 0 Å². The van der Waals surface area contributed by atoms with Crippen LogP contribution in [0.2, 0.25) is 5.02 Å². The Morgan fingerprint density at radius 3 is 2.62 bits per heavy atom. The summed E-state index contributed by atoms with van der Waals surface area (Å²) in [6.45, 7) is 2.99. The van der Waals surface area contributed by atoms with E-state index >= 15 is 0 Å². The van der Waals surface area contributed by atoms with Crippen molar-refractivity contribution in [2.45, 2.75) is 25.4 Å². The third kappa shape index (κ3) is 4.53. The van der Waals surface area contributed by atoms with Gasteiger partial charge in [0.25, 0.3) is 0 Å². The molecule has 164 valence electrons. The molecule has 0 bridgehead atoms. The van der Waals surface area contributed by atoms with Crippen LogP contribution in [-0.2, 0) is 6.54 Å². The minimum absolute atomic E-state index is 0.339. The van der Waals surface area contributed by atoms with Crippen LogP contribution in [0.5, 0.6) is 0 Å². The molecule has 32 heavy (non-hydrogen) atoms. The first kappa shape index (κ1) is 21.1. The van der Waals surface area contributed by atoms with Gasteiger partial charge in [-0.2, -0.15) is 0 Å². The summed E-state index contributed by atoms with van der Waals surface area (Å²) in [6.07, 6.45) is 5.71. The van der Waals surface area contributed by atoms with E-state index in [0.29, 0.717) is 17.0 Å². The second kappa shape index (κ2) is 9.36. The zero-order valence-electron chi connectivity index (χ0n) is 17.5. The van der Waals surface area contributed by atoms with E-state index in [1.54, 1.807) is 6.20 Å². The van der Waals surface area contributed by atoms with Crippen molar-refractivity contribution in [2.75, 3.05) is 23.2 Å². The Morgan fingerprint density at radius 2 is 1.84 bits per heavy atom. The molecule has 1 saturated heterocycles. The Hall–Kier alpha value is -2.80. The molecule has 2 aromatic heterocycles. The highest BCUT2D eigenvalue weighted by Crippen LogP contribution is 2.32. The third-order valence-electron chi connectivity index (χ3n) is 5.98. The molecule has 3 heterocycles. The monoisotopic (exact) mass is 466 g/mol. The lowest BCUT2D eigenvalue weighted by Crippen LogP contribution is -2.39. The number of para-hydroxylation sites is 1. The lowest BCUT2D eigenvalue weighted by atomic mass is 10.0. The highest BCUT2D eigenvalue weighted by Gasteiger charge is 2.21. The molecule has 8 heteroatoms. The molecule has 0 aliphatic carbocycles. The van der Waals surface area contributed by atoms with Gasteiger partial charge in [-0.1, -0.05) is 41.9 Å². The molecule has 2 aromatic carbocycles. The first-order valence-electron chi connectivity index (χ1n) is 10.7. The van der Waals surface area contributed by atoms with Crippen LogP contribution in [-0.4, -0.2) is 39.0 Å². The van der Waals surface area contributed by atoms with Crippen molar-refractivity contribution in [1.29, 1.82) is 0 Å². The zero-order valence-corrected chi connectivity index (χ0v) is 19.0. The van der Waals surface area contributed by atoms with Gasteiger partial charge < -0.3 is 10.3 Å². The molecule has 1 fully saturated rings. The normalized spacial score (nSPS) is 15.2. The van der Waals surface area contributed by atoms with Crippen molar-refractivity contribution in [3.05, 3.63) is 71.5 Å². The Bertz CT molecular complexity index is 1200. The maximum absolute atomic E-state index is 6.46. The van der Waals surface area contributed by atoms with E-state index in [-0.39, 0.29) is 0 Å². The molecule has 1 aliphatic rings. The van der Waals surface area contributed by atoms with Crippen LogP contribution < -0.4 is 10.2 Å². The summed E-state index contributed by atoms with van der Waals surface area (Å²) in [5.41, 5.74) is 4.99. The van der Waals surface area contributed by atoms with Gasteiger partial charge in [0.2, 0.25) is 5.95 Å². The summed E-state index contributed by atoms with van der Waals surface area (Å²) < 4.78 is 0. The fourth-order valence-electron chi connectivity index (χ4n) is 4.24. The fraction of sp³-hybridized carbons (Fsp3) is 0.250. The van der Waals surface area contributed by atoms with Gasteiger partial charge >= 0.3 is 0 Å². The van der Waals surface area contributed by atoms with E-state index in [2.05, 4.69) is 43.2 Å². The average molecular weight is 467 g/mol.